The number of rotatable bonds is 3. The van der Waals surface area contributed by atoms with E-state index in [9.17, 15) is 9.59 Å². The largest absolute Gasteiger partial charge is 0.478 e. The molecule has 0 fully saturated rings. The van der Waals surface area contributed by atoms with Gasteiger partial charge in [0.15, 0.2) is 0 Å². The van der Waals surface area contributed by atoms with E-state index in [0.717, 1.165) is 8.04 Å². The Hall–Kier alpha value is -1.61. The summed E-state index contributed by atoms with van der Waals surface area (Å²) in [4.78, 5) is 23.5. The van der Waals surface area contributed by atoms with Crippen molar-refractivity contribution in [1.82, 2.24) is 0 Å². The highest BCUT2D eigenvalue weighted by Gasteiger charge is 2.16. The average molecular weight is 461 g/mol. The number of hydrogen-bond acceptors (Lipinski definition) is 3. The number of anilines is 2. The standard InChI is InChI=1S/C14H10BrIN2O3/c15-7-1-4-11(16)10(5-7)13(19)18-12-6-8(17)2-3-9(12)14(20)21/h1-6H,17H2,(H,18,19)(H,20,21). The maximum atomic E-state index is 12.3. The van der Waals surface area contributed by atoms with Crippen molar-refractivity contribution in [2.75, 3.05) is 11.1 Å². The van der Waals surface area contributed by atoms with E-state index in [1.54, 1.807) is 12.1 Å². The number of nitrogen functional groups attached to an aromatic ring is 1. The van der Waals surface area contributed by atoms with Crippen molar-refractivity contribution in [3.8, 4) is 0 Å². The van der Waals surface area contributed by atoms with Crippen LogP contribution in [0.1, 0.15) is 20.7 Å². The van der Waals surface area contributed by atoms with Crippen molar-refractivity contribution in [2.45, 2.75) is 0 Å². The van der Waals surface area contributed by atoms with Gasteiger partial charge in [0.1, 0.15) is 0 Å². The minimum absolute atomic E-state index is 0.0115. The van der Waals surface area contributed by atoms with E-state index in [2.05, 4.69) is 21.2 Å². The second-order valence-corrected chi connectivity index (χ2v) is 6.27. The van der Waals surface area contributed by atoms with Crippen molar-refractivity contribution < 1.29 is 14.7 Å². The number of halogens is 2. The van der Waals surface area contributed by atoms with Gasteiger partial charge in [-0.3, -0.25) is 4.79 Å². The summed E-state index contributed by atoms with van der Waals surface area (Å²) in [6.07, 6.45) is 0. The maximum absolute atomic E-state index is 12.3. The Bertz CT molecular complexity index is 734. The molecule has 2 rings (SSSR count). The number of carboxylic acid groups (broad SMARTS) is 1. The topological polar surface area (TPSA) is 92.4 Å². The second-order valence-electron chi connectivity index (χ2n) is 4.19. The fourth-order valence-corrected chi connectivity index (χ4v) is 2.65. The van der Waals surface area contributed by atoms with E-state index in [1.165, 1.54) is 18.2 Å². The summed E-state index contributed by atoms with van der Waals surface area (Å²) in [5.74, 6) is -1.52. The fraction of sp³-hybridized carbons (Fsp3) is 0. The number of nitrogens with one attached hydrogen (secondary N) is 1. The third kappa shape index (κ3) is 3.73. The van der Waals surface area contributed by atoms with Crippen LogP contribution in [0.3, 0.4) is 0 Å². The molecule has 2 aromatic carbocycles. The molecule has 0 aliphatic rings. The van der Waals surface area contributed by atoms with E-state index in [-0.39, 0.29) is 11.3 Å². The first-order valence-corrected chi connectivity index (χ1v) is 7.65. The van der Waals surface area contributed by atoms with Crippen molar-refractivity contribution in [2.24, 2.45) is 0 Å². The molecule has 5 nitrogen and oxygen atoms in total. The van der Waals surface area contributed by atoms with E-state index in [1.807, 2.05) is 28.7 Å². The van der Waals surface area contributed by atoms with Crippen LogP contribution in [0.25, 0.3) is 0 Å². The normalized spacial score (nSPS) is 10.2. The van der Waals surface area contributed by atoms with Crippen LogP contribution < -0.4 is 11.1 Å². The highest BCUT2D eigenvalue weighted by atomic mass is 127. The Morgan fingerprint density at radius 1 is 1.14 bits per heavy atom. The fourth-order valence-electron chi connectivity index (χ4n) is 1.71. The third-order valence-corrected chi connectivity index (χ3v) is 4.13. The van der Waals surface area contributed by atoms with Gasteiger partial charge in [-0.25, -0.2) is 4.79 Å². The molecule has 0 heterocycles. The zero-order valence-corrected chi connectivity index (χ0v) is 14.3. The number of carboxylic acids is 1. The van der Waals surface area contributed by atoms with Crippen LogP contribution in [0, 0.1) is 3.57 Å². The first-order chi connectivity index (χ1) is 9.88. The Labute approximate surface area is 142 Å². The Balaban J connectivity index is 2.38. The van der Waals surface area contributed by atoms with Crippen molar-refractivity contribution in [1.29, 1.82) is 0 Å². The summed E-state index contributed by atoms with van der Waals surface area (Å²) in [5.41, 5.74) is 6.62. The van der Waals surface area contributed by atoms with Gasteiger partial charge in [-0.2, -0.15) is 0 Å². The van der Waals surface area contributed by atoms with Crippen LogP contribution in [0.2, 0.25) is 0 Å². The summed E-state index contributed by atoms with van der Waals surface area (Å²) >= 11 is 5.34. The second kappa shape index (κ2) is 6.44. The third-order valence-electron chi connectivity index (χ3n) is 2.70. The van der Waals surface area contributed by atoms with Crippen LogP contribution >= 0.6 is 38.5 Å². The van der Waals surface area contributed by atoms with Crippen LogP contribution in [-0.4, -0.2) is 17.0 Å². The maximum Gasteiger partial charge on any atom is 0.337 e. The molecule has 0 saturated carbocycles. The van der Waals surface area contributed by atoms with Crippen LogP contribution in [0.15, 0.2) is 40.9 Å². The van der Waals surface area contributed by atoms with Crippen LogP contribution in [0.4, 0.5) is 11.4 Å². The molecule has 0 aliphatic heterocycles. The lowest BCUT2D eigenvalue weighted by molar-refractivity contribution is 0.0698. The Morgan fingerprint density at radius 2 is 1.86 bits per heavy atom. The van der Waals surface area contributed by atoms with Gasteiger partial charge in [0.05, 0.1) is 16.8 Å². The van der Waals surface area contributed by atoms with Crippen LogP contribution in [0.5, 0.6) is 0 Å². The molecule has 0 aliphatic carbocycles. The van der Waals surface area contributed by atoms with E-state index in [0.29, 0.717) is 11.3 Å². The lowest BCUT2D eigenvalue weighted by Gasteiger charge is -2.10. The number of hydrogen-bond donors (Lipinski definition) is 3. The number of amides is 1. The number of nitrogens with two attached hydrogens (primary N) is 1. The van der Waals surface area contributed by atoms with Crippen LogP contribution in [-0.2, 0) is 0 Å². The van der Waals surface area contributed by atoms with Crippen molar-refractivity contribution in [3.63, 3.8) is 0 Å². The Morgan fingerprint density at radius 3 is 2.52 bits per heavy atom. The van der Waals surface area contributed by atoms with E-state index < -0.39 is 11.9 Å². The SMILES string of the molecule is Nc1ccc(C(=O)O)c(NC(=O)c2cc(Br)ccc2I)c1. The molecule has 1 amide bonds. The molecule has 0 radical (unpaired) electrons. The van der Waals surface area contributed by atoms with Gasteiger partial charge in [-0.15, -0.1) is 0 Å². The van der Waals surface area contributed by atoms with Gasteiger partial charge in [-0.1, -0.05) is 15.9 Å². The minimum Gasteiger partial charge on any atom is -0.478 e. The molecular weight excluding hydrogens is 451 g/mol. The molecule has 0 unspecified atom stereocenters. The van der Waals surface area contributed by atoms with Gasteiger partial charge in [-0.05, 0) is 59.0 Å². The molecule has 7 heteroatoms. The lowest BCUT2D eigenvalue weighted by Crippen LogP contribution is -2.16. The summed E-state index contributed by atoms with van der Waals surface area (Å²) in [6, 6.07) is 9.54. The van der Waals surface area contributed by atoms with Crippen molar-refractivity contribution >= 4 is 61.8 Å². The molecule has 108 valence electrons. The molecule has 0 saturated heterocycles. The molecule has 2 aromatic rings. The quantitative estimate of drug-likeness (QED) is 0.482. The van der Waals surface area contributed by atoms with Gasteiger partial charge in [0.25, 0.3) is 5.91 Å². The summed E-state index contributed by atoms with van der Waals surface area (Å²) in [5, 5.41) is 11.7. The van der Waals surface area contributed by atoms with Gasteiger partial charge >= 0.3 is 5.97 Å². The van der Waals surface area contributed by atoms with E-state index >= 15 is 0 Å². The molecule has 0 bridgehead atoms. The van der Waals surface area contributed by atoms with Gasteiger partial charge < -0.3 is 16.2 Å². The predicted molar refractivity (Wildman–Crippen MR) is 92.6 cm³/mol. The lowest BCUT2D eigenvalue weighted by atomic mass is 10.1. The van der Waals surface area contributed by atoms with E-state index in [4.69, 9.17) is 10.8 Å². The average Bonchev–Trinajstić information content (AvgIpc) is 2.41. The number of benzene rings is 2. The molecule has 4 N–H and O–H groups in total. The Kier molecular flexibility index (Phi) is 4.84. The number of carbonyl (C=O) groups excluding carboxylic acids is 1. The predicted octanol–water partition coefficient (Wildman–Crippen LogP) is 3.59. The zero-order chi connectivity index (χ0) is 15.6. The first kappa shape index (κ1) is 15.8. The highest BCUT2D eigenvalue weighted by molar-refractivity contribution is 14.1. The highest BCUT2D eigenvalue weighted by Crippen LogP contribution is 2.23. The first-order valence-electron chi connectivity index (χ1n) is 5.77. The van der Waals surface area contributed by atoms with Gasteiger partial charge in [0, 0.05) is 13.7 Å². The molecular formula is C14H10BrIN2O3. The van der Waals surface area contributed by atoms with Crippen molar-refractivity contribution in [3.05, 3.63) is 55.6 Å². The molecule has 0 aromatic heterocycles. The minimum atomic E-state index is -1.13. The molecule has 0 atom stereocenters. The number of carbonyl (C=O) groups is 2. The zero-order valence-electron chi connectivity index (χ0n) is 10.6. The monoisotopic (exact) mass is 460 g/mol. The van der Waals surface area contributed by atoms with Gasteiger partial charge in [0.2, 0.25) is 0 Å². The summed E-state index contributed by atoms with van der Waals surface area (Å²) < 4.78 is 1.52. The molecule has 21 heavy (non-hydrogen) atoms. The number of aromatic carboxylic acids is 1. The molecule has 0 spiro atoms. The smallest absolute Gasteiger partial charge is 0.337 e. The summed E-state index contributed by atoms with van der Waals surface area (Å²) in [6.45, 7) is 0. The summed E-state index contributed by atoms with van der Waals surface area (Å²) in [7, 11) is 0.